The van der Waals surface area contributed by atoms with Gasteiger partial charge in [0.15, 0.2) is 0 Å². The summed E-state index contributed by atoms with van der Waals surface area (Å²) < 4.78 is 11.1. The maximum Gasteiger partial charge on any atom is 0.213 e. The van der Waals surface area contributed by atoms with Gasteiger partial charge in [0.1, 0.15) is 19.0 Å². The van der Waals surface area contributed by atoms with Gasteiger partial charge in [0, 0.05) is 11.8 Å². The number of pyridine rings is 1. The van der Waals surface area contributed by atoms with Crippen molar-refractivity contribution < 1.29 is 14.6 Å². The van der Waals surface area contributed by atoms with Crippen LogP contribution < -0.4 is 9.47 Å². The Morgan fingerprint density at radius 1 is 1.05 bits per heavy atom. The molecule has 4 nitrogen and oxygen atoms in total. The van der Waals surface area contributed by atoms with Gasteiger partial charge in [-0.05, 0) is 30.2 Å². The molecule has 0 bridgehead atoms. The summed E-state index contributed by atoms with van der Waals surface area (Å²) in [5.41, 5.74) is 1.73. The van der Waals surface area contributed by atoms with Crippen molar-refractivity contribution in [1.82, 2.24) is 4.98 Å². The third kappa shape index (κ3) is 4.24. The molecule has 0 saturated carbocycles. The number of hydrogen-bond acceptors (Lipinski definition) is 4. The Morgan fingerprint density at radius 2 is 1.80 bits per heavy atom. The molecule has 0 radical (unpaired) electrons. The molecule has 4 heteroatoms. The van der Waals surface area contributed by atoms with Crippen LogP contribution in [0.4, 0.5) is 0 Å². The summed E-state index contributed by atoms with van der Waals surface area (Å²) in [6.45, 7) is 2.88. The second-order valence-electron chi connectivity index (χ2n) is 4.33. The van der Waals surface area contributed by atoms with Gasteiger partial charge in [0.2, 0.25) is 5.88 Å². The molecule has 20 heavy (non-hydrogen) atoms. The van der Waals surface area contributed by atoms with Gasteiger partial charge in [-0.2, -0.15) is 0 Å². The predicted molar refractivity (Wildman–Crippen MR) is 77.0 cm³/mol. The van der Waals surface area contributed by atoms with Crippen molar-refractivity contribution in [2.45, 2.75) is 20.0 Å². The molecule has 0 atom stereocenters. The molecule has 106 valence electrons. The predicted octanol–water partition coefficient (Wildman–Crippen LogP) is 2.59. The SMILES string of the molecule is CCc1cc(CO)cc(OCCOc2ccccc2)n1. The van der Waals surface area contributed by atoms with Gasteiger partial charge in [-0.1, -0.05) is 25.1 Å². The van der Waals surface area contributed by atoms with Crippen molar-refractivity contribution in [2.24, 2.45) is 0 Å². The standard InChI is InChI=1S/C16H19NO3/c1-2-14-10-13(12-18)11-16(17-14)20-9-8-19-15-6-4-3-5-7-15/h3-7,10-11,18H,2,8-9,12H2,1H3. The maximum atomic E-state index is 9.19. The van der Waals surface area contributed by atoms with E-state index in [1.807, 2.05) is 43.3 Å². The van der Waals surface area contributed by atoms with E-state index >= 15 is 0 Å². The molecule has 0 saturated heterocycles. The summed E-state index contributed by atoms with van der Waals surface area (Å²) in [5, 5.41) is 9.19. The summed E-state index contributed by atoms with van der Waals surface area (Å²) in [4.78, 5) is 4.36. The fourth-order valence-corrected chi connectivity index (χ4v) is 1.79. The quantitative estimate of drug-likeness (QED) is 0.788. The average Bonchev–Trinajstić information content (AvgIpc) is 2.52. The lowest BCUT2D eigenvalue weighted by Gasteiger charge is -2.09. The largest absolute Gasteiger partial charge is 0.490 e. The number of nitrogens with zero attached hydrogens (tertiary/aromatic N) is 1. The molecule has 1 aromatic heterocycles. The summed E-state index contributed by atoms with van der Waals surface area (Å²) >= 11 is 0. The van der Waals surface area contributed by atoms with Crippen LogP contribution in [0.2, 0.25) is 0 Å². The molecule has 1 aromatic carbocycles. The topological polar surface area (TPSA) is 51.6 Å². The lowest BCUT2D eigenvalue weighted by molar-refractivity contribution is 0.211. The molecule has 0 aliphatic rings. The maximum absolute atomic E-state index is 9.19. The van der Waals surface area contributed by atoms with Crippen molar-refractivity contribution in [1.29, 1.82) is 0 Å². The lowest BCUT2D eigenvalue weighted by atomic mass is 10.2. The molecule has 2 rings (SSSR count). The lowest BCUT2D eigenvalue weighted by Crippen LogP contribution is -2.10. The smallest absolute Gasteiger partial charge is 0.213 e. The normalized spacial score (nSPS) is 10.3. The van der Waals surface area contributed by atoms with Gasteiger partial charge >= 0.3 is 0 Å². The van der Waals surface area contributed by atoms with Crippen LogP contribution in [0.5, 0.6) is 11.6 Å². The Bertz CT molecular complexity index is 506. The van der Waals surface area contributed by atoms with Crippen LogP contribution in [0.3, 0.4) is 0 Å². The third-order valence-electron chi connectivity index (χ3n) is 2.80. The fourth-order valence-electron chi connectivity index (χ4n) is 1.79. The minimum Gasteiger partial charge on any atom is -0.490 e. The first kappa shape index (κ1) is 14.3. The highest BCUT2D eigenvalue weighted by Gasteiger charge is 2.02. The molecule has 2 aromatic rings. The first-order valence-electron chi connectivity index (χ1n) is 6.73. The van der Waals surface area contributed by atoms with Crippen molar-refractivity contribution in [3.63, 3.8) is 0 Å². The van der Waals surface area contributed by atoms with Crippen molar-refractivity contribution in [2.75, 3.05) is 13.2 Å². The van der Waals surface area contributed by atoms with Gasteiger partial charge in [0.25, 0.3) is 0 Å². The van der Waals surface area contributed by atoms with E-state index in [0.717, 1.165) is 23.4 Å². The van der Waals surface area contributed by atoms with Gasteiger partial charge in [0.05, 0.1) is 6.61 Å². The molecule has 0 amide bonds. The molecule has 0 aliphatic heterocycles. The van der Waals surface area contributed by atoms with E-state index in [4.69, 9.17) is 9.47 Å². The van der Waals surface area contributed by atoms with E-state index in [2.05, 4.69) is 4.98 Å². The number of aromatic nitrogens is 1. The molecular weight excluding hydrogens is 254 g/mol. The summed E-state index contributed by atoms with van der Waals surface area (Å²) in [7, 11) is 0. The van der Waals surface area contributed by atoms with Gasteiger partial charge in [-0.15, -0.1) is 0 Å². The summed E-state index contributed by atoms with van der Waals surface area (Å²) in [6.07, 6.45) is 0.810. The van der Waals surface area contributed by atoms with Crippen LogP contribution >= 0.6 is 0 Å². The highest BCUT2D eigenvalue weighted by Crippen LogP contribution is 2.14. The summed E-state index contributed by atoms with van der Waals surface area (Å²) in [6, 6.07) is 13.2. The van der Waals surface area contributed by atoms with E-state index in [0.29, 0.717) is 19.1 Å². The van der Waals surface area contributed by atoms with Crippen LogP contribution in [0.15, 0.2) is 42.5 Å². The van der Waals surface area contributed by atoms with E-state index in [9.17, 15) is 5.11 Å². The molecular formula is C16H19NO3. The first-order chi connectivity index (χ1) is 9.81. The number of aryl methyl sites for hydroxylation is 1. The fraction of sp³-hybridized carbons (Fsp3) is 0.312. The zero-order valence-corrected chi connectivity index (χ0v) is 11.6. The highest BCUT2D eigenvalue weighted by atomic mass is 16.5. The number of benzene rings is 1. The molecule has 0 spiro atoms. The summed E-state index contributed by atoms with van der Waals surface area (Å²) in [5.74, 6) is 1.35. The van der Waals surface area contributed by atoms with Gasteiger partial charge in [-0.25, -0.2) is 4.98 Å². The molecule has 0 aliphatic carbocycles. The number of hydrogen-bond donors (Lipinski definition) is 1. The van der Waals surface area contributed by atoms with Crippen molar-refractivity contribution in [3.8, 4) is 11.6 Å². The number of para-hydroxylation sites is 1. The molecule has 1 N–H and O–H groups in total. The highest BCUT2D eigenvalue weighted by molar-refractivity contribution is 5.25. The monoisotopic (exact) mass is 273 g/mol. The Labute approximate surface area is 119 Å². The molecule has 0 unspecified atom stereocenters. The minimum atomic E-state index is -0.00754. The van der Waals surface area contributed by atoms with Crippen molar-refractivity contribution in [3.05, 3.63) is 53.7 Å². The first-order valence-corrected chi connectivity index (χ1v) is 6.73. The Morgan fingerprint density at radius 3 is 2.50 bits per heavy atom. The van der Waals surface area contributed by atoms with E-state index < -0.39 is 0 Å². The van der Waals surface area contributed by atoms with Crippen molar-refractivity contribution >= 4 is 0 Å². The Hall–Kier alpha value is -2.07. The number of ether oxygens (including phenoxy) is 2. The minimum absolute atomic E-state index is 0.00754. The van der Waals surface area contributed by atoms with Crippen LogP contribution in [0.25, 0.3) is 0 Å². The van der Waals surface area contributed by atoms with E-state index in [1.165, 1.54) is 0 Å². The molecule has 1 heterocycles. The van der Waals surface area contributed by atoms with Gasteiger partial charge in [-0.3, -0.25) is 0 Å². The second-order valence-corrected chi connectivity index (χ2v) is 4.33. The number of rotatable bonds is 7. The van der Waals surface area contributed by atoms with E-state index in [-0.39, 0.29) is 6.61 Å². The third-order valence-corrected chi connectivity index (χ3v) is 2.80. The second kappa shape index (κ2) is 7.50. The number of aliphatic hydroxyl groups is 1. The van der Waals surface area contributed by atoms with Crippen LogP contribution in [0, 0.1) is 0 Å². The number of aliphatic hydroxyl groups excluding tert-OH is 1. The molecule has 0 fully saturated rings. The average molecular weight is 273 g/mol. The zero-order valence-electron chi connectivity index (χ0n) is 11.6. The zero-order chi connectivity index (χ0) is 14.2. The Kier molecular flexibility index (Phi) is 5.38. The van der Waals surface area contributed by atoms with Gasteiger partial charge < -0.3 is 14.6 Å². The van der Waals surface area contributed by atoms with Crippen LogP contribution in [-0.2, 0) is 13.0 Å². The van der Waals surface area contributed by atoms with Crippen LogP contribution in [0.1, 0.15) is 18.2 Å². The Balaban J connectivity index is 1.84. The van der Waals surface area contributed by atoms with Crippen LogP contribution in [-0.4, -0.2) is 23.3 Å². The van der Waals surface area contributed by atoms with E-state index in [1.54, 1.807) is 6.07 Å².